The number of carbonyl (C=O) groups is 4. The predicted octanol–water partition coefficient (Wildman–Crippen LogP) is 1.91. The summed E-state index contributed by atoms with van der Waals surface area (Å²) in [7, 11) is 0. The number of halogens is 1. The smallest absolute Gasteiger partial charge is 0.287 e. The van der Waals surface area contributed by atoms with E-state index in [0.717, 1.165) is 11.1 Å². The third kappa shape index (κ3) is 3.60. The molecule has 1 unspecified atom stereocenters. The van der Waals surface area contributed by atoms with Crippen LogP contribution < -0.4 is 10.6 Å². The first-order valence-corrected chi connectivity index (χ1v) is 10.5. The van der Waals surface area contributed by atoms with Crippen molar-refractivity contribution >= 4 is 46.3 Å². The first-order valence-electron chi connectivity index (χ1n) is 10.1. The largest absolute Gasteiger partial charge is 0.345 e. The van der Waals surface area contributed by atoms with E-state index in [2.05, 4.69) is 20.6 Å². The van der Waals surface area contributed by atoms with Crippen molar-refractivity contribution in [3.8, 4) is 0 Å². The molecule has 10 heteroatoms. The summed E-state index contributed by atoms with van der Waals surface area (Å²) >= 11 is 5.96. The van der Waals surface area contributed by atoms with Crippen LogP contribution in [-0.4, -0.2) is 44.5 Å². The zero-order valence-electron chi connectivity index (χ0n) is 16.8. The van der Waals surface area contributed by atoms with Crippen molar-refractivity contribution in [2.24, 2.45) is 0 Å². The monoisotopic (exact) mass is 451 g/mol. The first-order chi connectivity index (χ1) is 15.4. The van der Waals surface area contributed by atoms with Gasteiger partial charge in [-0.3, -0.25) is 24.5 Å². The number of imidazole rings is 1. The van der Waals surface area contributed by atoms with Gasteiger partial charge in [0.05, 0.1) is 11.0 Å². The van der Waals surface area contributed by atoms with Gasteiger partial charge in [-0.25, -0.2) is 4.98 Å². The highest BCUT2D eigenvalue weighted by molar-refractivity contribution is 6.31. The number of carbonyl (C=O) groups excluding carboxylic acids is 4. The molecule has 9 nitrogen and oxygen atoms in total. The molecule has 32 heavy (non-hydrogen) atoms. The van der Waals surface area contributed by atoms with Gasteiger partial charge >= 0.3 is 0 Å². The van der Waals surface area contributed by atoms with Crippen LogP contribution in [0.1, 0.15) is 44.9 Å². The second-order valence-electron chi connectivity index (χ2n) is 7.82. The number of imide groups is 1. The molecule has 0 saturated carbocycles. The third-order valence-electron chi connectivity index (χ3n) is 5.70. The molecule has 162 valence electrons. The SMILES string of the molecule is O=C1CCC(N2Cc3cc(CNC(=O)c4nc5cc(Cl)ccc5[nH]4)ccc3C2=O)C(=O)N1. The number of amides is 4. The number of nitrogens with zero attached hydrogens (tertiary/aromatic N) is 2. The van der Waals surface area contributed by atoms with E-state index in [0.29, 0.717) is 28.0 Å². The van der Waals surface area contributed by atoms with E-state index < -0.39 is 11.9 Å². The minimum atomic E-state index is -0.655. The highest BCUT2D eigenvalue weighted by Gasteiger charge is 2.39. The van der Waals surface area contributed by atoms with Gasteiger partial charge in [-0.05, 0) is 41.8 Å². The molecule has 0 radical (unpaired) electrons. The van der Waals surface area contributed by atoms with Crippen molar-refractivity contribution in [2.75, 3.05) is 0 Å². The van der Waals surface area contributed by atoms with Crippen LogP contribution in [0.3, 0.4) is 0 Å². The highest BCUT2D eigenvalue weighted by Crippen LogP contribution is 2.28. The van der Waals surface area contributed by atoms with Crippen molar-refractivity contribution in [3.63, 3.8) is 0 Å². The van der Waals surface area contributed by atoms with Crippen molar-refractivity contribution in [1.29, 1.82) is 0 Å². The van der Waals surface area contributed by atoms with Gasteiger partial charge in [0.2, 0.25) is 11.8 Å². The average molecular weight is 452 g/mol. The summed E-state index contributed by atoms with van der Waals surface area (Å²) in [6.07, 6.45) is 0.526. The lowest BCUT2D eigenvalue weighted by atomic mass is 10.0. The molecule has 1 atom stereocenters. The Morgan fingerprint density at radius 1 is 1.19 bits per heavy atom. The number of piperidine rings is 1. The lowest BCUT2D eigenvalue weighted by Crippen LogP contribution is -2.52. The maximum absolute atomic E-state index is 12.8. The van der Waals surface area contributed by atoms with E-state index in [-0.39, 0.29) is 43.1 Å². The average Bonchev–Trinajstić information content (AvgIpc) is 3.33. The summed E-state index contributed by atoms with van der Waals surface area (Å²) in [5.74, 6) is -1.17. The molecule has 0 bridgehead atoms. The third-order valence-corrected chi connectivity index (χ3v) is 5.94. The van der Waals surface area contributed by atoms with E-state index in [4.69, 9.17) is 11.6 Å². The van der Waals surface area contributed by atoms with E-state index in [1.165, 1.54) is 4.90 Å². The van der Waals surface area contributed by atoms with Gasteiger partial charge in [0, 0.05) is 30.1 Å². The Hall–Kier alpha value is -3.72. The lowest BCUT2D eigenvalue weighted by Gasteiger charge is -2.29. The normalized spacial score (nSPS) is 18.1. The lowest BCUT2D eigenvalue weighted by molar-refractivity contribution is -0.136. The number of benzene rings is 2. The molecule has 1 saturated heterocycles. The summed E-state index contributed by atoms with van der Waals surface area (Å²) in [5.41, 5.74) is 3.44. The quantitative estimate of drug-likeness (QED) is 0.523. The van der Waals surface area contributed by atoms with Gasteiger partial charge in [-0.15, -0.1) is 0 Å². The molecule has 3 aromatic rings. The summed E-state index contributed by atoms with van der Waals surface area (Å²) in [6, 6.07) is 9.81. The van der Waals surface area contributed by atoms with Gasteiger partial charge in [0.15, 0.2) is 5.82 Å². The van der Waals surface area contributed by atoms with Crippen LogP contribution >= 0.6 is 11.6 Å². The fraction of sp³-hybridized carbons (Fsp3) is 0.227. The number of H-pyrrole nitrogens is 1. The van der Waals surface area contributed by atoms with Crippen molar-refractivity contribution in [3.05, 3.63) is 63.9 Å². The summed E-state index contributed by atoms with van der Waals surface area (Å²) in [4.78, 5) is 57.5. The number of aromatic amines is 1. The zero-order chi connectivity index (χ0) is 22.4. The molecule has 5 rings (SSSR count). The molecule has 3 heterocycles. The van der Waals surface area contributed by atoms with Gasteiger partial charge < -0.3 is 15.2 Å². The standard InChI is InChI=1S/C22H18ClN5O4/c23-13-2-4-15-16(8-13)26-19(25-15)21(31)24-9-11-1-3-14-12(7-11)10-28(22(14)32)17-5-6-18(29)27-20(17)30/h1-4,7-8,17H,5-6,9-10H2,(H,24,31)(H,25,26)(H,27,29,30). The van der Waals surface area contributed by atoms with Gasteiger partial charge in [0.25, 0.3) is 11.8 Å². The van der Waals surface area contributed by atoms with Crippen LogP contribution in [0.5, 0.6) is 0 Å². The number of aromatic nitrogens is 2. The van der Waals surface area contributed by atoms with Crippen LogP contribution in [-0.2, 0) is 22.7 Å². The topological polar surface area (TPSA) is 124 Å². The fourth-order valence-corrected chi connectivity index (χ4v) is 4.26. The minimum absolute atomic E-state index is 0.183. The number of nitrogens with one attached hydrogen (secondary N) is 3. The Morgan fingerprint density at radius 2 is 2.03 bits per heavy atom. The van der Waals surface area contributed by atoms with Crippen molar-refractivity contribution < 1.29 is 19.2 Å². The van der Waals surface area contributed by atoms with Crippen LogP contribution in [0.2, 0.25) is 5.02 Å². The van der Waals surface area contributed by atoms with Gasteiger partial charge in [0.1, 0.15) is 6.04 Å². The molecular formula is C22H18ClN5O4. The van der Waals surface area contributed by atoms with Crippen LogP contribution in [0, 0.1) is 0 Å². The van der Waals surface area contributed by atoms with Crippen molar-refractivity contribution in [1.82, 2.24) is 25.5 Å². The molecule has 1 fully saturated rings. The maximum atomic E-state index is 12.8. The van der Waals surface area contributed by atoms with E-state index in [1.54, 1.807) is 30.3 Å². The van der Waals surface area contributed by atoms with E-state index in [9.17, 15) is 19.2 Å². The molecular weight excluding hydrogens is 434 g/mol. The first kappa shape index (κ1) is 20.2. The van der Waals surface area contributed by atoms with Crippen LogP contribution in [0.15, 0.2) is 36.4 Å². The summed E-state index contributed by atoms with van der Waals surface area (Å²) in [6.45, 7) is 0.531. The molecule has 2 aromatic carbocycles. The number of hydrogen-bond donors (Lipinski definition) is 3. The summed E-state index contributed by atoms with van der Waals surface area (Å²) < 4.78 is 0. The molecule has 0 spiro atoms. The Morgan fingerprint density at radius 3 is 2.84 bits per heavy atom. The van der Waals surface area contributed by atoms with Crippen LogP contribution in [0.25, 0.3) is 11.0 Å². The Kier molecular flexibility index (Phi) is 4.90. The summed E-state index contributed by atoms with van der Waals surface area (Å²) in [5, 5.41) is 5.64. The van der Waals surface area contributed by atoms with Crippen molar-refractivity contribution in [2.45, 2.75) is 32.0 Å². The second kappa shape index (κ2) is 7.76. The van der Waals surface area contributed by atoms with Gasteiger partial charge in [-0.1, -0.05) is 23.7 Å². The Bertz CT molecular complexity index is 1300. The molecule has 1 aromatic heterocycles. The molecule has 3 N–H and O–H groups in total. The number of fused-ring (bicyclic) bond motifs is 2. The van der Waals surface area contributed by atoms with Crippen LogP contribution in [0.4, 0.5) is 0 Å². The molecule has 2 aliphatic heterocycles. The number of hydrogen-bond acceptors (Lipinski definition) is 5. The molecule has 4 amide bonds. The predicted molar refractivity (Wildman–Crippen MR) is 115 cm³/mol. The maximum Gasteiger partial charge on any atom is 0.287 e. The zero-order valence-corrected chi connectivity index (χ0v) is 17.5. The van der Waals surface area contributed by atoms with E-state index >= 15 is 0 Å². The Balaban J connectivity index is 1.27. The van der Waals surface area contributed by atoms with E-state index in [1.807, 2.05) is 6.07 Å². The fourth-order valence-electron chi connectivity index (χ4n) is 4.09. The van der Waals surface area contributed by atoms with Gasteiger partial charge in [-0.2, -0.15) is 0 Å². The number of rotatable bonds is 4. The second-order valence-corrected chi connectivity index (χ2v) is 8.26. The molecule has 0 aliphatic carbocycles. The molecule has 2 aliphatic rings. The minimum Gasteiger partial charge on any atom is -0.345 e. The Labute approximate surface area is 187 Å². The highest BCUT2D eigenvalue weighted by atomic mass is 35.5.